The van der Waals surface area contributed by atoms with E-state index in [1.165, 1.54) is 11.3 Å². The second kappa shape index (κ2) is 6.04. The molecule has 0 aliphatic heterocycles. The quantitative estimate of drug-likeness (QED) is 0.911. The maximum Gasteiger partial charge on any atom is 0.226 e. The Morgan fingerprint density at radius 2 is 2.16 bits per heavy atom. The Balaban J connectivity index is 1.93. The number of carbonyl (C=O) groups excluding carboxylic acids is 1. The van der Waals surface area contributed by atoms with Crippen molar-refractivity contribution in [3.05, 3.63) is 45.9 Å². The van der Waals surface area contributed by atoms with Crippen LogP contribution in [0.15, 0.2) is 29.6 Å². The summed E-state index contributed by atoms with van der Waals surface area (Å²) in [4.78, 5) is 15.9. The van der Waals surface area contributed by atoms with Crippen molar-refractivity contribution in [3.63, 3.8) is 0 Å². The largest absolute Gasteiger partial charge is 0.375 e. The summed E-state index contributed by atoms with van der Waals surface area (Å²) >= 11 is 7.16. The van der Waals surface area contributed by atoms with Gasteiger partial charge in [0.1, 0.15) is 0 Å². The van der Waals surface area contributed by atoms with Crippen LogP contribution in [0.4, 0.5) is 5.13 Å². The molecule has 1 amide bonds. The van der Waals surface area contributed by atoms with Crippen LogP contribution >= 0.6 is 22.9 Å². The van der Waals surface area contributed by atoms with E-state index >= 15 is 0 Å². The van der Waals surface area contributed by atoms with Crippen LogP contribution in [-0.4, -0.2) is 10.9 Å². The molecule has 1 aromatic heterocycles. The molecular formula is C13H14ClN3OS. The molecule has 0 aliphatic rings. The molecule has 100 valence electrons. The average molecular weight is 296 g/mol. The number of amides is 1. The lowest BCUT2D eigenvalue weighted by Gasteiger charge is -2.14. The van der Waals surface area contributed by atoms with Gasteiger partial charge in [-0.25, -0.2) is 4.98 Å². The third-order valence-corrected chi connectivity index (χ3v) is 3.63. The van der Waals surface area contributed by atoms with E-state index in [1.807, 2.05) is 19.1 Å². The van der Waals surface area contributed by atoms with Crippen molar-refractivity contribution < 1.29 is 4.79 Å². The van der Waals surface area contributed by atoms with E-state index in [0.29, 0.717) is 15.8 Å². The molecule has 1 unspecified atom stereocenters. The van der Waals surface area contributed by atoms with E-state index in [4.69, 9.17) is 17.3 Å². The molecule has 0 bridgehead atoms. The number of nitrogens with two attached hydrogens (primary N) is 1. The summed E-state index contributed by atoms with van der Waals surface area (Å²) < 4.78 is 0. The SMILES string of the molecule is CC(NC(=O)Cc1csc(N)n1)c1ccc(Cl)cc1. The van der Waals surface area contributed by atoms with E-state index < -0.39 is 0 Å². The Hall–Kier alpha value is -1.59. The zero-order valence-corrected chi connectivity index (χ0v) is 12.0. The highest BCUT2D eigenvalue weighted by Crippen LogP contribution is 2.16. The average Bonchev–Trinajstić information content (AvgIpc) is 2.75. The maximum atomic E-state index is 11.9. The van der Waals surface area contributed by atoms with Gasteiger partial charge in [0.05, 0.1) is 18.2 Å². The van der Waals surface area contributed by atoms with E-state index in [0.717, 1.165) is 5.56 Å². The fraction of sp³-hybridized carbons (Fsp3) is 0.231. The first-order valence-corrected chi connectivity index (χ1v) is 7.05. The van der Waals surface area contributed by atoms with Crippen molar-refractivity contribution in [1.82, 2.24) is 10.3 Å². The van der Waals surface area contributed by atoms with Crippen molar-refractivity contribution in [1.29, 1.82) is 0 Å². The fourth-order valence-electron chi connectivity index (χ4n) is 1.70. The molecule has 0 saturated carbocycles. The molecule has 0 spiro atoms. The molecule has 0 radical (unpaired) electrons. The van der Waals surface area contributed by atoms with Crippen molar-refractivity contribution in [2.24, 2.45) is 0 Å². The Morgan fingerprint density at radius 3 is 2.74 bits per heavy atom. The van der Waals surface area contributed by atoms with Gasteiger partial charge in [-0.05, 0) is 24.6 Å². The van der Waals surface area contributed by atoms with E-state index in [2.05, 4.69) is 10.3 Å². The highest BCUT2D eigenvalue weighted by atomic mass is 35.5. The molecule has 19 heavy (non-hydrogen) atoms. The summed E-state index contributed by atoms with van der Waals surface area (Å²) in [6.07, 6.45) is 0.242. The standard InChI is InChI=1S/C13H14ClN3OS/c1-8(9-2-4-10(14)5-3-9)16-12(18)6-11-7-19-13(15)17-11/h2-5,7-8H,6H2,1H3,(H2,15,17)(H,16,18). The molecule has 1 aromatic carbocycles. The summed E-state index contributed by atoms with van der Waals surface area (Å²) in [6.45, 7) is 1.93. The minimum atomic E-state index is -0.0762. The van der Waals surface area contributed by atoms with Gasteiger partial charge in [-0.3, -0.25) is 4.79 Å². The minimum Gasteiger partial charge on any atom is -0.375 e. The molecule has 2 aromatic rings. The first-order chi connectivity index (χ1) is 9.04. The van der Waals surface area contributed by atoms with Gasteiger partial charge in [0.2, 0.25) is 5.91 Å². The van der Waals surface area contributed by atoms with Crippen molar-refractivity contribution in [2.75, 3.05) is 5.73 Å². The van der Waals surface area contributed by atoms with Crippen LogP contribution in [0.2, 0.25) is 5.02 Å². The lowest BCUT2D eigenvalue weighted by Crippen LogP contribution is -2.28. The molecule has 4 nitrogen and oxygen atoms in total. The van der Waals surface area contributed by atoms with Crippen LogP contribution in [-0.2, 0) is 11.2 Å². The Morgan fingerprint density at radius 1 is 1.47 bits per heavy atom. The van der Waals surface area contributed by atoms with Crippen molar-refractivity contribution >= 4 is 34.0 Å². The molecule has 0 aliphatic carbocycles. The number of hydrogen-bond donors (Lipinski definition) is 2. The molecule has 6 heteroatoms. The number of nitrogens with one attached hydrogen (secondary N) is 1. The second-order valence-corrected chi connectivity index (χ2v) is 5.52. The molecule has 1 heterocycles. The van der Waals surface area contributed by atoms with Crippen LogP contribution in [0.25, 0.3) is 0 Å². The predicted octanol–water partition coefficient (Wildman–Crippen LogP) is 2.80. The number of halogens is 1. The van der Waals surface area contributed by atoms with Gasteiger partial charge in [0.15, 0.2) is 5.13 Å². The summed E-state index contributed by atoms with van der Waals surface area (Å²) in [5, 5.41) is 5.87. The van der Waals surface area contributed by atoms with Gasteiger partial charge in [0, 0.05) is 10.4 Å². The normalized spacial score (nSPS) is 12.1. The molecule has 0 fully saturated rings. The van der Waals surface area contributed by atoms with Gasteiger partial charge in [0.25, 0.3) is 0 Å². The number of thiazole rings is 1. The van der Waals surface area contributed by atoms with Gasteiger partial charge in [-0.2, -0.15) is 0 Å². The highest BCUT2D eigenvalue weighted by Gasteiger charge is 2.11. The third kappa shape index (κ3) is 3.94. The number of rotatable bonds is 4. The van der Waals surface area contributed by atoms with Gasteiger partial charge in [-0.1, -0.05) is 23.7 Å². The maximum absolute atomic E-state index is 11.9. The van der Waals surface area contributed by atoms with Crippen LogP contribution < -0.4 is 11.1 Å². The van der Waals surface area contributed by atoms with E-state index in [-0.39, 0.29) is 18.4 Å². The minimum absolute atomic E-state index is 0.0688. The first kappa shape index (κ1) is 13.8. The highest BCUT2D eigenvalue weighted by molar-refractivity contribution is 7.13. The smallest absolute Gasteiger partial charge is 0.226 e. The van der Waals surface area contributed by atoms with Crippen LogP contribution in [0.1, 0.15) is 24.2 Å². The summed E-state index contributed by atoms with van der Waals surface area (Å²) in [5.41, 5.74) is 7.23. The number of nitrogens with zero attached hydrogens (tertiary/aromatic N) is 1. The number of aromatic nitrogens is 1. The van der Waals surface area contributed by atoms with Gasteiger partial charge < -0.3 is 11.1 Å². The van der Waals surface area contributed by atoms with Crippen LogP contribution in [0, 0.1) is 0 Å². The monoisotopic (exact) mass is 295 g/mol. The predicted molar refractivity (Wildman–Crippen MR) is 78.2 cm³/mol. The first-order valence-electron chi connectivity index (χ1n) is 5.79. The fourth-order valence-corrected chi connectivity index (χ4v) is 2.38. The molecule has 1 atom stereocenters. The van der Waals surface area contributed by atoms with Crippen LogP contribution in [0.3, 0.4) is 0 Å². The van der Waals surface area contributed by atoms with Crippen molar-refractivity contribution in [3.8, 4) is 0 Å². The molecule has 0 saturated heterocycles. The number of nitrogen functional groups attached to an aromatic ring is 1. The zero-order chi connectivity index (χ0) is 13.8. The topological polar surface area (TPSA) is 68.0 Å². The number of anilines is 1. The van der Waals surface area contributed by atoms with E-state index in [1.54, 1.807) is 17.5 Å². The van der Waals surface area contributed by atoms with E-state index in [9.17, 15) is 4.79 Å². The second-order valence-electron chi connectivity index (χ2n) is 4.19. The summed E-state index contributed by atoms with van der Waals surface area (Å²) in [5.74, 6) is -0.0762. The lowest BCUT2D eigenvalue weighted by molar-refractivity contribution is -0.121. The molecular weight excluding hydrogens is 282 g/mol. The summed E-state index contributed by atoms with van der Waals surface area (Å²) in [7, 11) is 0. The zero-order valence-electron chi connectivity index (χ0n) is 10.4. The lowest BCUT2D eigenvalue weighted by atomic mass is 10.1. The molecule has 3 N–H and O–H groups in total. The van der Waals surface area contributed by atoms with Crippen LogP contribution in [0.5, 0.6) is 0 Å². The van der Waals surface area contributed by atoms with Gasteiger partial charge >= 0.3 is 0 Å². The Labute approximate surface area is 120 Å². The molecule has 2 rings (SSSR count). The third-order valence-electron chi connectivity index (χ3n) is 2.66. The Bertz CT molecular complexity index is 568. The summed E-state index contributed by atoms with van der Waals surface area (Å²) in [6, 6.07) is 7.34. The number of carbonyl (C=O) groups is 1. The Kier molecular flexibility index (Phi) is 4.39. The van der Waals surface area contributed by atoms with Gasteiger partial charge in [-0.15, -0.1) is 11.3 Å². The number of hydrogen-bond acceptors (Lipinski definition) is 4. The van der Waals surface area contributed by atoms with Crippen molar-refractivity contribution in [2.45, 2.75) is 19.4 Å². The number of benzene rings is 1.